The summed E-state index contributed by atoms with van der Waals surface area (Å²) in [6.45, 7) is 0.818. The van der Waals surface area contributed by atoms with Crippen LogP contribution in [0.15, 0.2) is 10.8 Å². The van der Waals surface area contributed by atoms with Crippen LogP contribution in [0.4, 0.5) is 0 Å². The second-order valence-electron chi connectivity index (χ2n) is 3.40. The van der Waals surface area contributed by atoms with Gasteiger partial charge in [-0.05, 0) is 25.8 Å². The van der Waals surface area contributed by atoms with Gasteiger partial charge in [-0.15, -0.1) is 0 Å². The molecule has 1 heterocycles. The van der Waals surface area contributed by atoms with Crippen molar-refractivity contribution in [1.29, 1.82) is 0 Å². The fourth-order valence-corrected chi connectivity index (χ4v) is 1.36. The molecule has 1 fully saturated rings. The van der Waals surface area contributed by atoms with Crippen molar-refractivity contribution < 1.29 is 4.42 Å². The van der Waals surface area contributed by atoms with Gasteiger partial charge in [0.2, 0.25) is 0 Å². The van der Waals surface area contributed by atoms with Crippen LogP contribution in [0.2, 0.25) is 0 Å². The summed E-state index contributed by atoms with van der Waals surface area (Å²) in [5.41, 5.74) is 1.07. The predicted molar refractivity (Wildman–Crippen MR) is 45.7 cm³/mol. The molecule has 0 spiro atoms. The minimum absolute atomic E-state index is 0.818. The van der Waals surface area contributed by atoms with Gasteiger partial charge in [-0.1, -0.05) is 0 Å². The van der Waals surface area contributed by atoms with E-state index in [1.165, 1.54) is 12.8 Å². The molecule has 0 saturated heterocycles. The van der Waals surface area contributed by atoms with Crippen LogP contribution in [-0.4, -0.2) is 12.0 Å². The van der Waals surface area contributed by atoms with Gasteiger partial charge in [-0.2, -0.15) is 0 Å². The number of nitrogens with one attached hydrogen (secondary N) is 1. The molecule has 1 aromatic rings. The lowest BCUT2D eigenvalue weighted by Crippen LogP contribution is -2.07. The fourth-order valence-electron chi connectivity index (χ4n) is 1.36. The molecule has 1 N–H and O–H groups in total. The van der Waals surface area contributed by atoms with Crippen LogP contribution in [0.5, 0.6) is 0 Å². The zero-order chi connectivity index (χ0) is 8.39. The normalized spacial score (nSPS) is 16.8. The quantitative estimate of drug-likeness (QED) is 0.733. The number of nitrogens with zero attached hydrogens (tertiary/aromatic N) is 1. The maximum atomic E-state index is 5.32. The molecule has 0 radical (unpaired) electrons. The van der Waals surface area contributed by atoms with Crippen LogP contribution in [0, 0.1) is 5.92 Å². The molecule has 0 bridgehead atoms. The molecule has 0 aliphatic heterocycles. The zero-order valence-corrected chi connectivity index (χ0v) is 7.34. The van der Waals surface area contributed by atoms with Crippen LogP contribution >= 0.6 is 0 Å². The zero-order valence-electron chi connectivity index (χ0n) is 7.34. The Morgan fingerprint density at radius 2 is 2.50 bits per heavy atom. The summed E-state index contributed by atoms with van der Waals surface area (Å²) < 4.78 is 5.32. The average molecular weight is 166 g/mol. The Bertz CT molecular complexity index is 253. The molecule has 0 amide bonds. The Morgan fingerprint density at radius 3 is 3.17 bits per heavy atom. The summed E-state index contributed by atoms with van der Waals surface area (Å²) in [4.78, 5) is 4.16. The van der Waals surface area contributed by atoms with Gasteiger partial charge >= 0.3 is 0 Å². The molecule has 3 nitrogen and oxygen atoms in total. The Hall–Kier alpha value is -0.830. The maximum absolute atomic E-state index is 5.32. The first-order valence-corrected chi connectivity index (χ1v) is 4.46. The van der Waals surface area contributed by atoms with Crippen molar-refractivity contribution in [2.24, 2.45) is 5.92 Å². The van der Waals surface area contributed by atoms with E-state index in [0.29, 0.717) is 0 Å². The van der Waals surface area contributed by atoms with Gasteiger partial charge < -0.3 is 9.73 Å². The molecule has 3 heteroatoms. The second kappa shape index (κ2) is 3.27. The van der Waals surface area contributed by atoms with Crippen molar-refractivity contribution in [2.75, 3.05) is 7.05 Å². The van der Waals surface area contributed by atoms with Crippen molar-refractivity contribution in [2.45, 2.75) is 25.8 Å². The van der Waals surface area contributed by atoms with Crippen LogP contribution in [-0.2, 0) is 13.0 Å². The van der Waals surface area contributed by atoms with Crippen LogP contribution in [0.25, 0.3) is 0 Å². The van der Waals surface area contributed by atoms with Crippen molar-refractivity contribution >= 4 is 0 Å². The van der Waals surface area contributed by atoms with E-state index in [1.54, 1.807) is 6.39 Å². The summed E-state index contributed by atoms with van der Waals surface area (Å²) in [5, 5.41) is 3.08. The number of hydrogen-bond acceptors (Lipinski definition) is 3. The summed E-state index contributed by atoms with van der Waals surface area (Å²) in [6.07, 6.45) is 5.35. The molecule has 0 atom stereocenters. The van der Waals surface area contributed by atoms with E-state index < -0.39 is 0 Å². The molecule has 66 valence electrons. The van der Waals surface area contributed by atoms with Gasteiger partial charge in [0, 0.05) is 13.0 Å². The van der Waals surface area contributed by atoms with Gasteiger partial charge in [0.1, 0.15) is 5.76 Å². The van der Waals surface area contributed by atoms with E-state index in [2.05, 4.69) is 10.3 Å². The molecule has 2 rings (SSSR count). The molecule has 0 unspecified atom stereocenters. The lowest BCUT2D eigenvalue weighted by atomic mass is 10.2. The Balaban J connectivity index is 2.01. The monoisotopic (exact) mass is 166 g/mol. The highest BCUT2D eigenvalue weighted by molar-refractivity contribution is 5.09. The van der Waals surface area contributed by atoms with Crippen molar-refractivity contribution in [3.63, 3.8) is 0 Å². The lowest BCUT2D eigenvalue weighted by Gasteiger charge is -1.97. The minimum Gasteiger partial charge on any atom is -0.448 e. The Morgan fingerprint density at radius 1 is 1.67 bits per heavy atom. The predicted octanol–water partition coefficient (Wildman–Crippen LogP) is 1.35. The van der Waals surface area contributed by atoms with Gasteiger partial charge in [-0.3, -0.25) is 0 Å². The van der Waals surface area contributed by atoms with Gasteiger partial charge in [0.15, 0.2) is 6.39 Å². The summed E-state index contributed by atoms with van der Waals surface area (Å²) in [5.74, 6) is 1.94. The fraction of sp³-hybridized carbons (Fsp3) is 0.667. The SMILES string of the molecule is CNCc1ncoc1CC1CC1. The van der Waals surface area contributed by atoms with Crippen molar-refractivity contribution in [1.82, 2.24) is 10.3 Å². The average Bonchev–Trinajstić information content (AvgIpc) is 2.76. The Labute approximate surface area is 72.2 Å². The molecule has 1 aliphatic rings. The molecule has 1 aromatic heterocycles. The van der Waals surface area contributed by atoms with E-state index in [4.69, 9.17) is 4.42 Å². The smallest absolute Gasteiger partial charge is 0.181 e. The highest BCUT2D eigenvalue weighted by Crippen LogP contribution is 2.33. The van der Waals surface area contributed by atoms with Crippen LogP contribution in [0.3, 0.4) is 0 Å². The lowest BCUT2D eigenvalue weighted by molar-refractivity contribution is 0.488. The molecule has 1 saturated carbocycles. The first-order valence-electron chi connectivity index (χ1n) is 4.46. The maximum Gasteiger partial charge on any atom is 0.181 e. The molecule has 0 aromatic carbocycles. The highest BCUT2D eigenvalue weighted by atomic mass is 16.3. The summed E-state index contributed by atoms with van der Waals surface area (Å²) >= 11 is 0. The molecular weight excluding hydrogens is 152 g/mol. The van der Waals surface area contributed by atoms with Crippen molar-refractivity contribution in [3.8, 4) is 0 Å². The molecule has 12 heavy (non-hydrogen) atoms. The highest BCUT2D eigenvalue weighted by Gasteiger charge is 2.24. The van der Waals surface area contributed by atoms with Crippen LogP contribution in [0.1, 0.15) is 24.3 Å². The Kier molecular flexibility index (Phi) is 2.13. The van der Waals surface area contributed by atoms with Crippen molar-refractivity contribution in [3.05, 3.63) is 17.8 Å². The van der Waals surface area contributed by atoms with E-state index in [1.807, 2.05) is 7.05 Å². The third-order valence-corrected chi connectivity index (χ3v) is 2.24. The molecular formula is C9H14N2O. The minimum atomic E-state index is 0.818. The van der Waals surface area contributed by atoms with Gasteiger partial charge in [-0.25, -0.2) is 4.98 Å². The number of hydrogen-bond donors (Lipinski definition) is 1. The largest absolute Gasteiger partial charge is 0.448 e. The second-order valence-corrected chi connectivity index (χ2v) is 3.40. The number of rotatable bonds is 4. The molecule has 1 aliphatic carbocycles. The van der Waals surface area contributed by atoms with Crippen LogP contribution < -0.4 is 5.32 Å². The number of aromatic nitrogens is 1. The summed E-state index contributed by atoms with van der Waals surface area (Å²) in [6, 6.07) is 0. The van der Waals surface area contributed by atoms with E-state index in [0.717, 1.165) is 30.3 Å². The third kappa shape index (κ3) is 1.67. The number of oxazole rings is 1. The van der Waals surface area contributed by atoms with Gasteiger partial charge in [0.05, 0.1) is 5.69 Å². The third-order valence-electron chi connectivity index (χ3n) is 2.24. The van der Waals surface area contributed by atoms with E-state index in [-0.39, 0.29) is 0 Å². The first-order chi connectivity index (χ1) is 5.90. The standard InChI is InChI=1S/C9H14N2O/c1-10-5-8-9(12-6-11-8)4-7-2-3-7/h6-7,10H,2-5H2,1H3. The van der Waals surface area contributed by atoms with E-state index in [9.17, 15) is 0 Å². The summed E-state index contributed by atoms with van der Waals surface area (Å²) in [7, 11) is 1.93. The topological polar surface area (TPSA) is 38.1 Å². The first kappa shape index (κ1) is 7.80. The van der Waals surface area contributed by atoms with E-state index >= 15 is 0 Å². The van der Waals surface area contributed by atoms with Gasteiger partial charge in [0.25, 0.3) is 0 Å².